The molecule has 0 bridgehead atoms. The van der Waals surface area contributed by atoms with Crippen LogP contribution in [0.2, 0.25) is 0 Å². The number of nitrogens with zero attached hydrogens (tertiary/aromatic N) is 1. The average molecular weight is 255 g/mol. The third kappa shape index (κ3) is 3.45. The third-order valence-electron chi connectivity index (χ3n) is 1.81. The highest BCUT2D eigenvalue weighted by molar-refractivity contribution is 5.40. The summed E-state index contributed by atoms with van der Waals surface area (Å²) in [5, 5.41) is 8.89. The first-order valence-electron chi connectivity index (χ1n) is 4.40. The Balaban J connectivity index is 3.18. The van der Waals surface area contributed by atoms with Gasteiger partial charge in [0.1, 0.15) is 18.1 Å². The van der Waals surface area contributed by atoms with Gasteiger partial charge in [0.25, 0.3) is 0 Å². The number of methoxy groups -OCH3 is 1. The number of aliphatic hydroxyl groups is 1. The van der Waals surface area contributed by atoms with Crippen molar-refractivity contribution in [3.8, 4) is 11.6 Å². The zero-order valence-corrected chi connectivity index (χ0v) is 8.71. The normalized spacial score (nSPS) is 11.4. The van der Waals surface area contributed by atoms with Crippen molar-refractivity contribution in [2.24, 2.45) is 0 Å². The van der Waals surface area contributed by atoms with Crippen molar-refractivity contribution < 1.29 is 32.1 Å². The number of hydrogen-bond donors (Lipinski definition) is 1. The van der Waals surface area contributed by atoms with Gasteiger partial charge in [0.2, 0.25) is 5.88 Å². The van der Waals surface area contributed by atoms with Crippen LogP contribution in [0.1, 0.15) is 11.3 Å². The Bertz CT molecular complexity index is 369. The molecule has 1 heterocycles. The molecule has 0 unspecified atom stereocenters. The van der Waals surface area contributed by atoms with E-state index in [1.165, 1.54) is 7.11 Å². The van der Waals surface area contributed by atoms with Crippen LogP contribution in [-0.4, -0.2) is 23.6 Å². The zero-order chi connectivity index (χ0) is 13.1. The van der Waals surface area contributed by atoms with Crippen molar-refractivity contribution in [1.29, 1.82) is 0 Å². The molecule has 1 rings (SSSR count). The van der Waals surface area contributed by atoms with Crippen molar-refractivity contribution in [3.05, 3.63) is 17.3 Å². The number of hydrogen-bond acceptors (Lipinski definition) is 4. The van der Waals surface area contributed by atoms with Gasteiger partial charge in [-0.25, -0.2) is 9.37 Å². The highest BCUT2D eigenvalue weighted by Gasteiger charge is 2.32. The second-order valence-corrected chi connectivity index (χ2v) is 2.94. The van der Waals surface area contributed by atoms with Crippen LogP contribution in [0.15, 0.2) is 6.07 Å². The Morgan fingerprint density at radius 2 is 2.06 bits per heavy atom. The lowest BCUT2D eigenvalue weighted by Gasteiger charge is -2.13. The molecule has 0 atom stereocenters. The lowest BCUT2D eigenvalue weighted by atomic mass is 10.2. The van der Waals surface area contributed by atoms with Gasteiger partial charge in [0.15, 0.2) is 0 Å². The average Bonchev–Trinajstić information content (AvgIpc) is 2.25. The van der Waals surface area contributed by atoms with Crippen LogP contribution in [0.4, 0.5) is 17.6 Å². The second kappa shape index (κ2) is 5.17. The maximum absolute atomic E-state index is 12.6. The van der Waals surface area contributed by atoms with Crippen LogP contribution in [-0.2, 0) is 13.3 Å². The molecule has 4 nitrogen and oxygen atoms in total. The molecule has 0 fully saturated rings. The molecular weight excluding hydrogens is 246 g/mol. The maximum Gasteiger partial charge on any atom is 0.574 e. The minimum Gasteiger partial charge on any atom is -0.494 e. The Morgan fingerprint density at radius 3 is 2.47 bits per heavy atom. The second-order valence-electron chi connectivity index (χ2n) is 2.94. The number of pyridine rings is 1. The summed E-state index contributed by atoms with van der Waals surface area (Å²) in [5.74, 6) is -0.931. The van der Waals surface area contributed by atoms with Crippen molar-refractivity contribution in [3.63, 3.8) is 0 Å². The molecule has 1 aromatic heterocycles. The first-order chi connectivity index (χ1) is 7.91. The predicted molar refractivity (Wildman–Crippen MR) is 48.2 cm³/mol. The fraction of sp³-hybridized carbons (Fsp3) is 0.444. The number of rotatable bonds is 4. The monoisotopic (exact) mass is 255 g/mol. The summed E-state index contributed by atoms with van der Waals surface area (Å²) in [5.41, 5.74) is -0.396. The van der Waals surface area contributed by atoms with Crippen LogP contribution in [0.5, 0.6) is 11.6 Å². The first-order valence-corrected chi connectivity index (χ1v) is 4.40. The van der Waals surface area contributed by atoms with E-state index in [1.54, 1.807) is 0 Å². The zero-order valence-electron chi connectivity index (χ0n) is 8.71. The van der Waals surface area contributed by atoms with E-state index >= 15 is 0 Å². The van der Waals surface area contributed by atoms with E-state index in [0.717, 1.165) is 6.07 Å². The summed E-state index contributed by atoms with van der Waals surface area (Å²) in [6.07, 6.45) is -4.93. The molecule has 1 N–H and O–H groups in total. The minimum absolute atomic E-state index is 0.0930. The van der Waals surface area contributed by atoms with E-state index in [0.29, 0.717) is 0 Å². The molecule has 0 aliphatic heterocycles. The van der Waals surface area contributed by atoms with Crippen molar-refractivity contribution in [2.45, 2.75) is 19.6 Å². The molecule has 0 spiro atoms. The number of ether oxygens (including phenoxy) is 2. The molecule has 0 aromatic carbocycles. The van der Waals surface area contributed by atoms with E-state index in [1.807, 2.05) is 0 Å². The molecule has 0 aliphatic rings. The molecule has 0 radical (unpaired) electrons. The Kier molecular flexibility index (Phi) is 4.11. The fourth-order valence-corrected chi connectivity index (χ4v) is 1.24. The Morgan fingerprint density at radius 1 is 1.41 bits per heavy atom. The van der Waals surface area contributed by atoms with E-state index in [4.69, 9.17) is 9.84 Å². The summed E-state index contributed by atoms with van der Waals surface area (Å²) in [6.45, 7) is -1.75. The number of halogens is 4. The predicted octanol–water partition coefficient (Wildman–Crippen LogP) is 1.95. The Labute approximate surface area is 93.8 Å². The van der Waals surface area contributed by atoms with E-state index in [9.17, 15) is 17.6 Å². The smallest absolute Gasteiger partial charge is 0.494 e. The van der Waals surface area contributed by atoms with Gasteiger partial charge in [0.05, 0.1) is 13.7 Å². The lowest BCUT2D eigenvalue weighted by molar-refractivity contribution is -0.276. The van der Waals surface area contributed by atoms with Gasteiger partial charge >= 0.3 is 6.36 Å². The highest BCUT2D eigenvalue weighted by Crippen LogP contribution is 2.29. The summed E-state index contributed by atoms with van der Waals surface area (Å²) < 4.78 is 56.7. The summed E-state index contributed by atoms with van der Waals surface area (Å²) >= 11 is 0. The quantitative estimate of drug-likeness (QED) is 0.835. The van der Waals surface area contributed by atoms with Gasteiger partial charge < -0.3 is 14.6 Å². The summed E-state index contributed by atoms with van der Waals surface area (Å²) in [4.78, 5) is 3.37. The topological polar surface area (TPSA) is 51.6 Å². The Hall–Kier alpha value is -1.57. The van der Waals surface area contributed by atoms with Crippen LogP contribution in [0, 0.1) is 0 Å². The van der Waals surface area contributed by atoms with Crippen molar-refractivity contribution in [2.75, 3.05) is 7.11 Å². The van der Waals surface area contributed by atoms with Crippen LogP contribution in [0.25, 0.3) is 0 Å². The molecule has 96 valence electrons. The maximum atomic E-state index is 12.6. The molecule has 8 heteroatoms. The highest BCUT2D eigenvalue weighted by atomic mass is 19.4. The van der Waals surface area contributed by atoms with E-state index in [2.05, 4.69) is 9.72 Å². The first kappa shape index (κ1) is 13.5. The largest absolute Gasteiger partial charge is 0.574 e. The molecule has 0 saturated carbocycles. The van der Waals surface area contributed by atoms with Crippen molar-refractivity contribution >= 4 is 0 Å². The number of aromatic nitrogens is 1. The van der Waals surface area contributed by atoms with E-state index < -0.39 is 25.5 Å². The van der Waals surface area contributed by atoms with Gasteiger partial charge in [-0.2, -0.15) is 0 Å². The SMILES string of the molecule is COc1c(CF)cc(OC(F)(F)F)nc1CO. The van der Waals surface area contributed by atoms with Crippen LogP contribution in [0.3, 0.4) is 0 Å². The molecule has 0 aliphatic carbocycles. The van der Waals surface area contributed by atoms with Gasteiger partial charge in [-0.3, -0.25) is 0 Å². The van der Waals surface area contributed by atoms with Gasteiger partial charge in [0, 0.05) is 11.6 Å². The van der Waals surface area contributed by atoms with E-state index in [-0.39, 0.29) is 17.0 Å². The lowest BCUT2D eigenvalue weighted by Crippen LogP contribution is -2.18. The standard InChI is InChI=1S/C9H9F4NO3/c1-16-8-5(3-10)2-7(14-6(8)4-15)17-9(11,12)13/h2,15H,3-4H2,1H3. The number of alkyl halides is 4. The summed E-state index contributed by atoms with van der Waals surface area (Å²) in [7, 11) is 1.19. The van der Waals surface area contributed by atoms with Gasteiger partial charge in [-0.15, -0.1) is 13.2 Å². The van der Waals surface area contributed by atoms with Crippen LogP contribution < -0.4 is 9.47 Å². The molecule has 0 amide bonds. The number of aliphatic hydroxyl groups excluding tert-OH is 1. The fourth-order valence-electron chi connectivity index (χ4n) is 1.24. The molecular formula is C9H9F4NO3. The summed E-state index contributed by atoms with van der Waals surface area (Å²) in [6, 6.07) is 0.769. The van der Waals surface area contributed by atoms with Crippen LogP contribution >= 0.6 is 0 Å². The molecule has 17 heavy (non-hydrogen) atoms. The molecule has 0 saturated heterocycles. The molecule has 1 aromatic rings. The van der Waals surface area contributed by atoms with Crippen molar-refractivity contribution in [1.82, 2.24) is 4.98 Å². The van der Waals surface area contributed by atoms with Gasteiger partial charge in [-0.05, 0) is 0 Å². The van der Waals surface area contributed by atoms with Gasteiger partial charge in [-0.1, -0.05) is 0 Å². The minimum atomic E-state index is -4.93. The third-order valence-corrected chi connectivity index (χ3v) is 1.81.